The summed E-state index contributed by atoms with van der Waals surface area (Å²) in [5, 5.41) is 12.2. The van der Waals surface area contributed by atoms with Gasteiger partial charge in [0.25, 0.3) is 0 Å². The Bertz CT molecular complexity index is 632. The molecule has 0 amide bonds. The maximum absolute atomic E-state index is 13.4. The number of hydrogen-bond donors (Lipinski definition) is 1. The lowest BCUT2D eigenvalue weighted by Crippen LogP contribution is -1.95. The van der Waals surface area contributed by atoms with E-state index in [2.05, 4.69) is 5.32 Å². The molecule has 4 heteroatoms. The van der Waals surface area contributed by atoms with Gasteiger partial charge in [-0.25, -0.2) is 4.39 Å². The van der Waals surface area contributed by atoms with Gasteiger partial charge in [0, 0.05) is 16.9 Å². The first-order valence-corrected chi connectivity index (χ1v) is 5.71. The molecule has 0 atom stereocenters. The Kier molecular flexibility index (Phi) is 3.50. The van der Waals surface area contributed by atoms with E-state index in [4.69, 9.17) is 16.9 Å². The monoisotopic (exact) mass is 260 g/mol. The van der Waals surface area contributed by atoms with Gasteiger partial charge in [0.05, 0.1) is 10.6 Å². The van der Waals surface area contributed by atoms with Crippen LogP contribution in [0.5, 0.6) is 0 Å². The predicted molar refractivity (Wildman–Crippen MR) is 70.6 cm³/mol. The molecular formula is C14H10ClFN2. The molecule has 0 unspecified atom stereocenters. The number of nitrogens with zero attached hydrogens (tertiary/aromatic N) is 1. The van der Waals surface area contributed by atoms with Gasteiger partial charge in [-0.15, -0.1) is 0 Å². The molecule has 2 aromatic rings. The number of nitriles is 1. The maximum atomic E-state index is 13.4. The molecular weight excluding hydrogens is 251 g/mol. The third-order valence-electron chi connectivity index (χ3n) is 2.64. The second-order valence-electron chi connectivity index (χ2n) is 3.84. The lowest BCUT2D eigenvalue weighted by molar-refractivity contribution is 0.619. The van der Waals surface area contributed by atoms with Gasteiger partial charge < -0.3 is 5.32 Å². The second-order valence-corrected chi connectivity index (χ2v) is 4.25. The number of hydrogen-bond acceptors (Lipinski definition) is 2. The van der Waals surface area contributed by atoms with Gasteiger partial charge >= 0.3 is 0 Å². The summed E-state index contributed by atoms with van der Waals surface area (Å²) in [5.41, 5.74) is 2.35. The number of halogens is 2. The van der Waals surface area contributed by atoms with E-state index < -0.39 is 0 Å². The highest BCUT2D eigenvalue weighted by Gasteiger charge is 2.05. The highest BCUT2D eigenvalue weighted by atomic mass is 35.5. The van der Waals surface area contributed by atoms with Gasteiger partial charge in [-0.3, -0.25) is 0 Å². The highest BCUT2D eigenvalue weighted by Crippen LogP contribution is 2.25. The van der Waals surface area contributed by atoms with E-state index in [1.54, 1.807) is 37.3 Å². The molecule has 0 saturated carbocycles. The molecule has 0 saturated heterocycles. The van der Waals surface area contributed by atoms with Crippen LogP contribution in [0, 0.1) is 24.1 Å². The van der Waals surface area contributed by atoms with Gasteiger partial charge in [-0.05, 0) is 37.3 Å². The van der Waals surface area contributed by atoms with Crippen molar-refractivity contribution in [3.05, 3.63) is 58.4 Å². The van der Waals surface area contributed by atoms with Crippen molar-refractivity contribution in [1.29, 1.82) is 5.26 Å². The molecule has 0 fully saturated rings. The van der Waals surface area contributed by atoms with E-state index in [0.717, 1.165) is 0 Å². The Morgan fingerprint density at radius 2 is 2.06 bits per heavy atom. The zero-order chi connectivity index (χ0) is 13.1. The minimum atomic E-state index is -0.264. The van der Waals surface area contributed by atoms with E-state index in [-0.39, 0.29) is 5.82 Å². The largest absolute Gasteiger partial charge is 0.355 e. The third kappa shape index (κ3) is 2.44. The predicted octanol–water partition coefficient (Wildman–Crippen LogP) is 4.40. The summed E-state index contributed by atoms with van der Waals surface area (Å²) >= 11 is 5.93. The van der Waals surface area contributed by atoms with Crippen LogP contribution in [0.15, 0.2) is 36.4 Å². The summed E-state index contributed by atoms with van der Waals surface area (Å²) in [5.74, 6) is -0.264. The topological polar surface area (TPSA) is 35.8 Å². The summed E-state index contributed by atoms with van der Waals surface area (Å²) in [6.07, 6.45) is 0. The SMILES string of the molecule is Cc1c(F)cccc1Nc1ccc(C#N)c(Cl)c1. The minimum Gasteiger partial charge on any atom is -0.355 e. The van der Waals surface area contributed by atoms with Crippen molar-refractivity contribution in [2.24, 2.45) is 0 Å². The van der Waals surface area contributed by atoms with Gasteiger partial charge in [-0.2, -0.15) is 5.26 Å². The quantitative estimate of drug-likeness (QED) is 0.869. The van der Waals surface area contributed by atoms with Crippen LogP contribution in [0.25, 0.3) is 0 Å². The second kappa shape index (κ2) is 5.07. The fraction of sp³-hybridized carbons (Fsp3) is 0.0714. The van der Waals surface area contributed by atoms with E-state index in [9.17, 15) is 4.39 Å². The summed E-state index contributed by atoms with van der Waals surface area (Å²) in [4.78, 5) is 0. The highest BCUT2D eigenvalue weighted by molar-refractivity contribution is 6.32. The molecule has 0 aromatic heterocycles. The van der Waals surface area contributed by atoms with E-state index in [1.165, 1.54) is 6.07 Å². The Morgan fingerprint density at radius 3 is 2.72 bits per heavy atom. The molecule has 0 bridgehead atoms. The Labute approximate surface area is 110 Å². The molecule has 1 N–H and O–H groups in total. The first-order chi connectivity index (χ1) is 8.61. The molecule has 0 spiro atoms. The van der Waals surface area contributed by atoms with Crippen molar-refractivity contribution in [3.8, 4) is 6.07 Å². The fourth-order valence-corrected chi connectivity index (χ4v) is 1.80. The molecule has 90 valence electrons. The molecule has 0 aliphatic carbocycles. The minimum absolute atomic E-state index is 0.264. The Morgan fingerprint density at radius 1 is 1.28 bits per heavy atom. The van der Waals surface area contributed by atoms with E-state index in [1.807, 2.05) is 6.07 Å². The lowest BCUT2D eigenvalue weighted by atomic mass is 10.1. The van der Waals surface area contributed by atoms with Crippen LogP contribution in [0.1, 0.15) is 11.1 Å². The number of rotatable bonds is 2. The van der Waals surface area contributed by atoms with Crippen molar-refractivity contribution in [1.82, 2.24) is 0 Å². The van der Waals surface area contributed by atoms with Crippen LogP contribution in [0.3, 0.4) is 0 Å². The van der Waals surface area contributed by atoms with Crippen LogP contribution in [-0.4, -0.2) is 0 Å². The van der Waals surface area contributed by atoms with Gasteiger partial charge in [0.15, 0.2) is 0 Å². The fourth-order valence-electron chi connectivity index (χ4n) is 1.58. The normalized spacial score (nSPS) is 9.89. The summed E-state index contributed by atoms with van der Waals surface area (Å²) < 4.78 is 13.4. The zero-order valence-corrected chi connectivity index (χ0v) is 10.4. The van der Waals surface area contributed by atoms with Crippen molar-refractivity contribution < 1.29 is 4.39 Å². The van der Waals surface area contributed by atoms with Crippen molar-refractivity contribution in [2.45, 2.75) is 6.92 Å². The van der Waals surface area contributed by atoms with Gasteiger partial charge in [0.1, 0.15) is 11.9 Å². The average molecular weight is 261 g/mol. The standard InChI is InChI=1S/C14H10ClFN2/c1-9-13(16)3-2-4-14(9)18-11-6-5-10(8-17)12(15)7-11/h2-7,18H,1H3. The molecule has 0 aliphatic heterocycles. The maximum Gasteiger partial charge on any atom is 0.128 e. The van der Waals surface area contributed by atoms with Crippen molar-refractivity contribution >= 4 is 23.0 Å². The molecule has 0 radical (unpaired) electrons. The zero-order valence-electron chi connectivity index (χ0n) is 9.67. The number of benzene rings is 2. The molecule has 0 heterocycles. The summed E-state index contributed by atoms with van der Waals surface area (Å²) in [7, 11) is 0. The summed E-state index contributed by atoms with van der Waals surface area (Å²) in [6.45, 7) is 1.70. The lowest BCUT2D eigenvalue weighted by Gasteiger charge is -2.10. The van der Waals surface area contributed by atoms with Gasteiger partial charge in [0.2, 0.25) is 0 Å². The molecule has 2 nitrogen and oxygen atoms in total. The van der Waals surface area contributed by atoms with Crippen LogP contribution in [0.4, 0.5) is 15.8 Å². The smallest absolute Gasteiger partial charge is 0.128 e. The van der Waals surface area contributed by atoms with Gasteiger partial charge in [-0.1, -0.05) is 17.7 Å². The van der Waals surface area contributed by atoms with Crippen LogP contribution >= 0.6 is 11.6 Å². The van der Waals surface area contributed by atoms with E-state index >= 15 is 0 Å². The first-order valence-electron chi connectivity index (χ1n) is 5.33. The molecule has 2 rings (SSSR count). The molecule has 18 heavy (non-hydrogen) atoms. The van der Waals surface area contributed by atoms with Crippen molar-refractivity contribution in [2.75, 3.05) is 5.32 Å². The molecule has 2 aromatic carbocycles. The Balaban J connectivity index is 2.32. The van der Waals surface area contributed by atoms with Crippen molar-refractivity contribution in [3.63, 3.8) is 0 Å². The first kappa shape index (κ1) is 12.4. The number of anilines is 2. The average Bonchev–Trinajstić information content (AvgIpc) is 2.35. The number of nitrogens with one attached hydrogen (secondary N) is 1. The van der Waals surface area contributed by atoms with E-state index in [0.29, 0.717) is 27.5 Å². The van der Waals surface area contributed by atoms with Crippen LogP contribution in [-0.2, 0) is 0 Å². The summed E-state index contributed by atoms with van der Waals surface area (Å²) in [6, 6.07) is 11.8. The van der Waals surface area contributed by atoms with Crippen LogP contribution < -0.4 is 5.32 Å². The Hall–Kier alpha value is -2.05. The molecule has 0 aliphatic rings. The van der Waals surface area contributed by atoms with Crippen LogP contribution in [0.2, 0.25) is 5.02 Å². The third-order valence-corrected chi connectivity index (χ3v) is 2.95.